The molecule has 0 radical (unpaired) electrons. The Morgan fingerprint density at radius 1 is 0.792 bits per heavy atom. The van der Waals surface area contributed by atoms with Gasteiger partial charge >= 0.3 is 0 Å². The molecule has 0 aromatic rings. The van der Waals surface area contributed by atoms with Crippen molar-refractivity contribution in [1.29, 1.82) is 0 Å². The summed E-state index contributed by atoms with van der Waals surface area (Å²) in [6.07, 6.45) is 6.94. The minimum Gasteiger partial charge on any atom is -0.300 e. The van der Waals surface area contributed by atoms with Crippen molar-refractivity contribution in [2.75, 3.05) is 0 Å². The highest BCUT2D eigenvalue weighted by Gasteiger charge is 2.56. The summed E-state index contributed by atoms with van der Waals surface area (Å²) in [5.74, 6) is 2.12. The van der Waals surface area contributed by atoms with Crippen LogP contribution < -0.4 is 0 Å². The second-order valence-electron chi connectivity index (χ2n) is 8.44. The van der Waals surface area contributed by atoms with Gasteiger partial charge in [-0.15, -0.1) is 0 Å². The molecule has 0 aromatic heterocycles. The molecule has 0 amide bonds. The maximum atomic E-state index is 12.3. The van der Waals surface area contributed by atoms with Gasteiger partial charge in [-0.05, 0) is 47.3 Å². The van der Waals surface area contributed by atoms with E-state index in [9.17, 15) is 4.79 Å². The topological polar surface area (TPSA) is 17.1 Å². The van der Waals surface area contributed by atoms with Crippen LogP contribution in [0.3, 0.4) is 0 Å². The molecule has 4 atom stereocenters. The third-order valence-electron chi connectivity index (χ3n) is 6.36. The van der Waals surface area contributed by atoms with Crippen molar-refractivity contribution in [1.82, 2.24) is 0 Å². The standard InChI is InChI=1S/C19H26Cl4O/c1-18(2)12(14(18)9-16(20)21)7-5-11(24)6-8-13-15(10-17(22)23)19(13,3)4/h9-10,12-15H,5-8H2,1-4H3. The molecule has 2 saturated carbocycles. The largest absolute Gasteiger partial charge is 0.300 e. The third kappa shape index (κ3) is 4.72. The van der Waals surface area contributed by atoms with E-state index in [1.54, 1.807) is 0 Å². The van der Waals surface area contributed by atoms with Gasteiger partial charge in [0, 0.05) is 12.8 Å². The van der Waals surface area contributed by atoms with Crippen LogP contribution >= 0.6 is 46.4 Å². The van der Waals surface area contributed by atoms with Gasteiger partial charge in [0.05, 0.1) is 0 Å². The van der Waals surface area contributed by atoms with Gasteiger partial charge in [0.2, 0.25) is 0 Å². The Hall–Kier alpha value is 0.310. The fourth-order valence-corrected chi connectivity index (χ4v) is 4.91. The van der Waals surface area contributed by atoms with Gasteiger partial charge in [0.1, 0.15) is 14.8 Å². The van der Waals surface area contributed by atoms with E-state index in [1.807, 2.05) is 12.2 Å². The summed E-state index contributed by atoms with van der Waals surface area (Å²) in [6, 6.07) is 0. The second kappa shape index (κ2) is 7.51. The van der Waals surface area contributed by atoms with E-state index in [0.29, 0.717) is 51.3 Å². The Morgan fingerprint density at radius 3 is 1.42 bits per heavy atom. The summed E-state index contributed by atoms with van der Waals surface area (Å²) in [7, 11) is 0. The number of Topliss-reactive ketones (excluding diaryl/α,β-unsaturated/α-hetero) is 1. The van der Waals surface area contributed by atoms with Crippen LogP contribution in [-0.2, 0) is 4.79 Å². The first-order valence-electron chi connectivity index (χ1n) is 8.55. The van der Waals surface area contributed by atoms with Gasteiger partial charge in [0.15, 0.2) is 0 Å². The Morgan fingerprint density at radius 2 is 1.12 bits per heavy atom. The summed E-state index contributed by atoms with van der Waals surface area (Å²) in [6.45, 7) is 8.83. The number of rotatable bonds is 8. The molecule has 2 rings (SSSR count). The molecular weight excluding hydrogens is 386 g/mol. The van der Waals surface area contributed by atoms with E-state index in [0.717, 1.165) is 12.8 Å². The highest BCUT2D eigenvalue weighted by Crippen LogP contribution is 2.63. The van der Waals surface area contributed by atoms with Gasteiger partial charge in [0.25, 0.3) is 0 Å². The number of carbonyl (C=O) groups is 1. The van der Waals surface area contributed by atoms with Crippen molar-refractivity contribution in [3.8, 4) is 0 Å². The second-order valence-corrected chi connectivity index (χ2v) is 10.5. The van der Waals surface area contributed by atoms with E-state index in [2.05, 4.69) is 27.7 Å². The number of ketones is 1. The molecule has 0 bridgehead atoms. The van der Waals surface area contributed by atoms with Crippen LogP contribution in [0, 0.1) is 34.5 Å². The van der Waals surface area contributed by atoms with E-state index >= 15 is 0 Å². The van der Waals surface area contributed by atoms with Gasteiger partial charge in [-0.3, -0.25) is 4.79 Å². The van der Waals surface area contributed by atoms with Crippen LogP contribution in [-0.4, -0.2) is 5.78 Å². The van der Waals surface area contributed by atoms with Crippen LogP contribution in [0.4, 0.5) is 0 Å². The average molecular weight is 412 g/mol. The van der Waals surface area contributed by atoms with E-state index < -0.39 is 0 Å². The monoisotopic (exact) mass is 410 g/mol. The van der Waals surface area contributed by atoms with Gasteiger partial charge < -0.3 is 0 Å². The van der Waals surface area contributed by atoms with E-state index in [-0.39, 0.29) is 10.8 Å². The minimum absolute atomic E-state index is 0.195. The highest BCUT2D eigenvalue weighted by molar-refractivity contribution is 6.56. The molecule has 4 unspecified atom stereocenters. The normalized spacial score (nSPS) is 32.0. The summed E-state index contributed by atoms with van der Waals surface area (Å²) < 4.78 is 0.657. The summed E-state index contributed by atoms with van der Waals surface area (Å²) in [5.41, 5.74) is 0.390. The quantitative estimate of drug-likeness (QED) is 0.409. The fourth-order valence-electron chi connectivity index (χ4n) is 4.37. The lowest BCUT2D eigenvalue weighted by atomic mass is 10.0. The van der Waals surface area contributed by atoms with Crippen LogP contribution in [0.25, 0.3) is 0 Å². The third-order valence-corrected chi connectivity index (χ3v) is 6.86. The molecule has 2 aliphatic carbocycles. The smallest absolute Gasteiger partial charge is 0.132 e. The summed E-state index contributed by atoms with van der Waals surface area (Å²) in [5, 5.41) is 0. The Labute approximate surface area is 165 Å². The fraction of sp³-hybridized carbons (Fsp3) is 0.737. The first-order valence-corrected chi connectivity index (χ1v) is 10.1. The molecule has 0 heterocycles. The van der Waals surface area contributed by atoms with Crippen LogP contribution in [0.1, 0.15) is 53.4 Å². The number of allylic oxidation sites excluding steroid dienone is 2. The molecule has 0 spiro atoms. The van der Waals surface area contributed by atoms with Crippen molar-refractivity contribution in [2.45, 2.75) is 53.4 Å². The Balaban J connectivity index is 1.74. The lowest BCUT2D eigenvalue weighted by Gasteiger charge is -2.04. The minimum atomic E-state index is 0.195. The number of carbonyl (C=O) groups excluding carboxylic acids is 1. The van der Waals surface area contributed by atoms with Gasteiger partial charge in [-0.1, -0.05) is 86.3 Å². The summed E-state index contributed by atoms with van der Waals surface area (Å²) >= 11 is 23.1. The first-order chi connectivity index (χ1) is 11.0. The molecule has 136 valence electrons. The Kier molecular flexibility index (Phi) is 6.45. The molecule has 0 aromatic carbocycles. The average Bonchev–Trinajstić information content (AvgIpc) is 3.14. The zero-order chi connectivity index (χ0) is 18.3. The highest BCUT2D eigenvalue weighted by atomic mass is 35.5. The van der Waals surface area contributed by atoms with Crippen molar-refractivity contribution in [2.24, 2.45) is 34.5 Å². The first kappa shape index (κ1) is 20.6. The van der Waals surface area contributed by atoms with Crippen LogP contribution in [0.5, 0.6) is 0 Å². The molecule has 1 nitrogen and oxygen atoms in total. The zero-order valence-corrected chi connectivity index (χ0v) is 17.7. The molecule has 0 aliphatic heterocycles. The molecule has 2 aliphatic rings. The van der Waals surface area contributed by atoms with E-state index in [4.69, 9.17) is 46.4 Å². The van der Waals surface area contributed by atoms with Crippen molar-refractivity contribution in [3.05, 3.63) is 21.1 Å². The van der Waals surface area contributed by atoms with Gasteiger partial charge in [-0.25, -0.2) is 0 Å². The molecular formula is C19H26Cl4O. The van der Waals surface area contributed by atoms with Crippen LogP contribution in [0.15, 0.2) is 21.1 Å². The van der Waals surface area contributed by atoms with Crippen LogP contribution in [0.2, 0.25) is 0 Å². The predicted octanol–water partition coefficient (Wildman–Crippen LogP) is 7.30. The SMILES string of the molecule is CC1(C)C(C=C(Cl)Cl)C1CCC(=O)CCC1C(C=C(Cl)Cl)C1(C)C. The van der Waals surface area contributed by atoms with Gasteiger partial charge in [-0.2, -0.15) is 0 Å². The number of halogens is 4. The number of hydrogen-bond acceptors (Lipinski definition) is 1. The molecule has 0 N–H and O–H groups in total. The van der Waals surface area contributed by atoms with Crippen molar-refractivity contribution >= 4 is 52.2 Å². The molecule has 2 fully saturated rings. The number of hydrogen-bond donors (Lipinski definition) is 0. The Bertz CT molecular complexity index is 506. The molecule has 24 heavy (non-hydrogen) atoms. The van der Waals surface area contributed by atoms with Crippen molar-refractivity contribution in [3.63, 3.8) is 0 Å². The maximum absolute atomic E-state index is 12.3. The predicted molar refractivity (Wildman–Crippen MR) is 105 cm³/mol. The van der Waals surface area contributed by atoms with Crippen molar-refractivity contribution < 1.29 is 4.79 Å². The maximum Gasteiger partial charge on any atom is 0.132 e. The molecule has 0 saturated heterocycles. The summed E-state index contributed by atoms with van der Waals surface area (Å²) in [4.78, 5) is 12.3. The molecule has 5 heteroatoms. The lowest BCUT2D eigenvalue weighted by Crippen LogP contribution is -2.02. The van der Waals surface area contributed by atoms with E-state index in [1.165, 1.54) is 0 Å². The lowest BCUT2D eigenvalue weighted by molar-refractivity contribution is -0.119. The zero-order valence-electron chi connectivity index (χ0n) is 14.7.